The molecule has 0 fully saturated rings. The first-order valence-electron chi connectivity index (χ1n) is 7.26. The SMILES string of the molecule is CCC(N)C(Oc1ccc(F)cc1C)c1cccc(C)c1. The number of benzene rings is 2. The molecule has 2 aromatic carbocycles. The molecule has 0 spiro atoms. The van der Waals surface area contributed by atoms with E-state index in [-0.39, 0.29) is 18.0 Å². The third-order valence-corrected chi connectivity index (χ3v) is 3.62. The summed E-state index contributed by atoms with van der Waals surface area (Å²) in [6.07, 6.45) is 0.567. The normalized spacial score (nSPS) is 13.8. The van der Waals surface area contributed by atoms with Crippen molar-refractivity contribution in [2.75, 3.05) is 0 Å². The maximum absolute atomic E-state index is 13.2. The minimum Gasteiger partial charge on any atom is -0.484 e. The Labute approximate surface area is 125 Å². The highest BCUT2D eigenvalue weighted by atomic mass is 19.1. The van der Waals surface area contributed by atoms with Gasteiger partial charge >= 0.3 is 0 Å². The molecule has 21 heavy (non-hydrogen) atoms. The summed E-state index contributed by atoms with van der Waals surface area (Å²) in [6.45, 7) is 5.92. The molecule has 2 rings (SSSR count). The molecule has 0 aliphatic heterocycles. The van der Waals surface area contributed by atoms with Gasteiger partial charge in [0.25, 0.3) is 0 Å². The number of hydrogen-bond acceptors (Lipinski definition) is 2. The molecule has 2 atom stereocenters. The number of halogens is 1. The zero-order valence-electron chi connectivity index (χ0n) is 12.8. The topological polar surface area (TPSA) is 35.2 Å². The van der Waals surface area contributed by atoms with Crippen LogP contribution in [0.2, 0.25) is 0 Å². The van der Waals surface area contributed by atoms with Crippen LogP contribution in [0, 0.1) is 19.7 Å². The van der Waals surface area contributed by atoms with E-state index in [4.69, 9.17) is 10.5 Å². The lowest BCUT2D eigenvalue weighted by atomic mass is 9.99. The van der Waals surface area contributed by atoms with Gasteiger partial charge in [0, 0.05) is 6.04 Å². The first kappa shape index (κ1) is 15.5. The van der Waals surface area contributed by atoms with Crippen LogP contribution in [0.3, 0.4) is 0 Å². The average molecular weight is 287 g/mol. The minimum atomic E-state index is -0.258. The zero-order valence-corrected chi connectivity index (χ0v) is 12.8. The second-order valence-corrected chi connectivity index (χ2v) is 5.43. The van der Waals surface area contributed by atoms with E-state index in [1.807, 2.05) is 39.0 Å². The van der Waals surface area contributed by atoms with Crippen molar-refractivity contribution < 1.29 is 9.13 Å². The van der Waals surface area contributed by atoms with Gasteiger partial charge in [0.15, 0.2) is 0 Å². The standard InChI is InChI=1S/C18H22FNO/c1-4-16(20)18(14-7-5-6-12(2)10-14)21-17-9-8-15(19)11-13(17)3/h5-11,16,18H,4,20H2,1-3H3. The van der Waals surface area contributed by atoms with E-state index < -0.39 is 0 Å². The van der Waals surface area contributed by atoms with Crippen LogP contribution in [-0.4, -0.2) is 6.04 Å². The Morgan fingerprint density at radius 1 is 1.14 bits per heavy atom. The molecular formula is C18H22FNO. The predicted octanol–water partition coefficient (Wildman–Crippen LogP) is 4.30. The van der Waals surface area contributed by atoms with Crippen LogP contribution in [-0.2, 0) is 0 Å². The lowest BCUT2D eigenvalue weighted by Crippen LogP contribution is -2.31. The van der Waals surface area contributed by atoms with Crippen LogP contribution >= 0.6 is 0 Å². The monoisotopic (exact) mass is 287 g/mol. The zero-order chi connectivity index (χ0) is 15.4. The molecule has 112 valence electrons. The van der Waals surface area contributed by atoms with Crippen molar-refractivity contribution in [3.8, 4) is 5.75 Å². The van der Waals surface area contributed by atoms with Crippen molar-refractivity contribution in [2.45, 2.75) is 39.3 Å². The number of nitrogens with two attached hydrogens (primary N) is 1. The van der Waals surface area contributed by atoms with Crippen LogP contribution in [0.1, 0.15) is 36.1 Å². The highest BCUT2D eigenvalue weighted by Gasteiger charge is 2.21. The first-order valence-corrected chi connectivity index (χ1v) is 7.26. The highest BCUT2D eigenvalue weighted by molar-refractivity contribution is 5.34. The summed E-state index contributed by atoms with van der Waals surface area (Å²) < 4.78 is 19.3. The average Bonchev–Trinajstić information content (AvgIpc) is 2.45. The summed E-state index contributed by atoms with van der Waals surface area (Å²) in [5, 5.41) is 0. The lowest BCUT2D eigenvalue weighted by molar-refractivity contribution is 0.169. The van der Waals surface area contributed by atoms with Gasteiger partial charge < -0.3 is 10.5 Å². The van der Waals surface area contributed by atoms with E-state index in [1.165, 1.54) is 17.7 Å². The van der Waals surface area contributed by atoms with Crippen LogP contribution < -0.4 is 10.5 Å². The molecule has 2 unspecified atom stereocenters. The Hall–Kier alpha value is -1.87. The van der Waals surface area contributed by atoms with Crippen molar-refractivity contribution in [3.63, 3.8) is 0 Å². The third kappa shape index (κ3) is 3.82. The van der Waals surface area contributed by atoms with Crippen molar-refractivity contribution in [3.05, 3.63) is 65.0 Å². The van der Waals surface area contributed by atoms with Gasteiger partial charge in [-0.05, 0) is 49.6 Å². The van der Waals surface area contributed by atoms with Gasteiger partial charge in [-0.1, -0.05) is 36.8 Å². The molecule has 0 heterocycles. The molecule has 2 aromatic rings. The molecule has 0 aliphatic carbocycles. The maximum atomic E-state index is 13.2. The fraction of sp³-hybridized carbons (Fsp3) is 0.333. The number of ether oxygens (including phenoxy) is 1. The minimum absolute atomic E-state index is 0.115. The van der Waals surface area contributed by atoms with Crippen LogP contribution in [0.5, 0.6) is 5.75 Å². The quantitative estimate of drug-likeness (QED) is 0.890. The Kier molecular flexibility index (Phi) is 4.97. The predicted molar refractivity (Wildman–Crippen MR) is 84.0 cm³/mol. The van der Waals surface area contributed by atoms with Crippen LogP contribution in [0.25, 0.3) is 0 Å². The molecule has 2 N–H and O–H groups in total. The van der Waals surface area contributed by atoms with Gasteiger partial charge in [0.1, 0.15) is 17.7 Å². The fourth-order valence-corrected chi connectivity index (χ4v) is 2.35. The van der Waals surface area contributed by atoms with Crippen LogP contribution in [0.15, 0.2) is 42.5 Å². The maximum Gasteiger partial charge on any atom is 0.139 e. The summed E-state index contributed by atoms with van der Waals surface area (Å²) in [5.41, 5.74) is 9.22. The van der Waals surface area contributed by atoms with E-state index in [0.29, 0.717) is 5.75 Å². The summed E-state index contributed by atoms with van der Waals surface area (Å²) in [7, 11) is 0. The summed E-state index contributed by atoms with van der Waals surface area (Å²) >= 11 is 0. The fourth-order valence-electron chi connectivity index (χ4n) is 2.35. The van der Waals surface area contributed by atoms with E-state index >= 15 is 0 Å². The Balaban J connectivity index is 2.33. The van der Waals surface area contributed by atoms with E-state index in [2.05, 4.69) is 6.07 Å². The van der Waals surface area contributed by atoms with Gasteiger partial charge in [-0.2, -0.15) is 0 Å². The van der Waals surface area contributed by atoms with Gasteiger partial charge in [-0.25, -0.2) is 4.39 Å². The van der Waals surface area contributed by atoms with E-state index in [0.717, 1.165) is 17.5 Å². The number of aryl methyl sites for hydroxylation is 2. The summed E-state index contributed by atoms with van der Waals surface area (Å²) in [4.78, 5) is 0. The highest BCUT2D eigenvalue weighted by Crippen LogP contribution is 2.28. The second-order valence-electron chi connectivity index (χ2n) is 5.43. The largest absolute Gasteiger partial charge is 0.484 e. The molecule has 0 saturated heterocycles. The molecule has 2 nitrogen and oxygen atoms in total. The molecule has 0 amide bonds. The van der Waals surface area contributed by atoms with Gasteiger partial charge in [-0.15, -0.1) is 0 Å². The van der Waals surface area contributed by atoms with Gasteiger partial charge in [0.2, 0.25) is 0 Å². The van der Waals surface area contributed by atoms with Crippen molar-refractivity contribution in [1.82, 2.24) is 0 Å². The number of rotatable bonds is 5. The van der Waals surface area contributed by atoms with Crippen molar-refractivity contribution in [1.29, 1.82) is 0 Å². The van der Waals surface area contributed by atoms with Gasteiger partial charge in [-0.3, -0.25) is 0 Å². The third-order valence-electron chi connectivity index (χ3n) is 3.62. The molecule has 0 radical (unpaired) electrons. The molecule has 0 aromatic heterocycles. The van der Waals surface area contributed by atoms with Gasteiger partial charge in [0.05, 0.1) is 0 Å². The smallest absolute Gasteiger partial charge is 0.139 e. The first-order chi connectivity index (χ1) is 10.0. The second kappa shape index (κ2) is 6.72. The molecule has 3 heteroatoms. The Morgan fingerprint density at radius 3 is 2.52 bits per heavy atom. The van der Waals surface area contributed by atoms with E-state index in [1.54, 1.807) is 6.07 Å². The van der Waals surface area contributed by atoms with Crippen molar-refractivity contribution in [2.24, 2.45) is 5.73 Å². The molecule has 0 bridgehead atoms. The van der Waals surface area contributed by atoms with E-state index in [9.17, 15) is 4.39 Å². The van der Waals surface area contributed by atoms with Crippen LogP contribution in [0.4, 0.5) is 4.39 Å². The van der Waals surface area contributed by atoms with Crippen molar-refractivity contribution >= 4 is 0 Å². The lowest BCUT2D eigenvalue weighted by Gasteiger charge is -2.26. The summed E-state index contributed by atoms with van der Waals surface area (Å²) in [5.74, 6) is 0.415. The number of hydrogen-bond donors (Lipinski definition) is 1. The molecule has 0 saturated carbocycles. The summed E-state index contributed by atoms with van der Waals surface area (Å²) in [6, 6.07) is 12.6. The Bertz CT molecular complexity index is 612. The molecular weight excluding hydrogens is 265 g/mol. The molecule has 0 aliphatic rings. The Morgan fingerprint density at radius 2 is 1.90 bits per heavy atom.